The molecule has 0 radical (unpaired) electrons. The van der Waals surface area contributed by atoms with Crippen molar-refractivity contribution >= 4 is 35.2 Å². The average molecular weight is 487 g/mol. The van der Waals surface area contributed by atoms with E-state index in [-0.39, 0.29) is 36.6 Å². The van der Waals surface area contributed by atoms with E-state index in [4.69, 9.17) is 16.3 Å². The number of thioether (sulfide) groups is 1. The van der Waals surface area contributed by atoms with Gasteiger partial charge < -0.3 is 9.30 Å². The molecule has 3 aromatic rings. The van der Waals surface area contributed by atoms with Crippen molar-refractivity contribution in [1.82, 2.24) is 20.1 Å². The Bertz CT molecular complexity index is 1070. The van der Waals surface area contributed by atoms with Crippen LogP contribution < -0.4 is 10.1 Å². The molecule has 7 nitrogen and oxygen atoms in total. The van der Waals surface area contributed by atoms with Crippen LogP contribution in [0.2, 0.25) is 5.02 Å². The number of hydrogen-bond donors (Lipinski definition) is 1. The number of halogens is 1. The van der Waals surface area contributed by atoms with Crippen molar-refractivity contribution in [3.05, 3.63) is 71.0 Å². The number of para-hydroxylation sites is 1. The van der Waals surface area contributed by atoms with Crippen molar-refractivity contribution in [3.8, 4) is 5.75 Å². The normalized spacial score (nSPS) is 10.9. The fourth-order valence-electron chi connectivity index (χ4n) is 3.38. The Morgan fingerprint density at radius 2 is 1.73 bits per heavy atom. The SMILES string of the molecule is CCC(CC)n1c(COc2ccccc2Cl)nnc1SCC(=O)NC(=O)Cc1ccccc1. The Morgan fingerprint density at radius 1 is 1.03 bits per heavy atom. The van der Waals surface area contributed by atoms with Crippen LogP contribution in [0.15, 0.2) is 59.8 Å². The molecule has 0 spiro atoms. The van der Waals surface area contributed by atoms with E-state index in [1.54, 1.807) is 12.1 Å². The highest BCUT2D eigenvalue weighted by atomic mass is 35.5. The van der Waals surface area contributed by atoms with Gasteiger partial charge in [-0.3, -0.25) is 14.9 Å². The summed E-state index contributed by atoms with van der Waals surface area (Å²) in [4.78, 5) is 24.5. The molecule has 1 N–H and O–H groups in total. The van der Waals surface area contributed by atoms with Crippen LogP contribution in [0.3, 0.4) is 0 Å². The minimum Gasteiger partial charge on any atom is -0.484 e. The molecule has 33 heavy (non-hydrogen) atoms. The summed E-state index contributed by atoms with van der Waals surface area (Å²) in [6, 6.07) is 16.7. The first kappa shape index (κ1) is 24.8. The van der Waals surface area contributed by atoms with Gasteiger partial charge in [-0.05, 0) is 30.5 Å². The molecule has 3 rings (SSSR count). The molecule has 0 aliphatic rings. The molecular weight excluding hydrogens is 460 g/mol. The van der Waals surface area contributed by atoms with Gasteiger partial charge in [-0.1, -0.05) is 79.7 Å². The second-order valence-corrected chi connectivity index (χ2v) is 8.73. The van der Waals surface area contributed by atoms with E-state index in [0.29, 0.717) is 21.8 Å². The summed E-state index contributed by atoms with van der Waals surface area (Å²) >= 11 is 7.44. The van der Waals surface area contributed by atoms with E-state index in [1.165, 1.54) is 11.8 Å². The highest BCUT2D eigenvalue weighted by molar-refractivity contribution is 7.99. The number of nitrogens with one attached hydrogen (secondary N) is 1. The first-order chi connectivity index (χ1) is 16.0. The molecule has 2 aromatic carbocycles. The number of hydrogen-bond acceptors (Lipinski definition) is 6. The molecule has 0 aliphatic carbocycles. The molecule has 0 unspecified atom stereocenters. The first-order valence-electron chi connectivity index (χ1n) is 10.8. The summed E-state index contributed by atoms with van der Waals surface area (Å²) in [5, 5.41) is 12.2. The predicted octanol–water partition coefficient (Wildman–Crippen LogP) is 4.85. The Morgan fingerprint density at radius 3 is 2.42 bits per heavy atom. The number of carbonyl (C=O) groups is 2. The van der Waals surface area contributed by atoms with Crippen molar-refractivity contribution in [1.29, 1.82) is 0 Å². The molecule has 0 atom stereocenters. The molecule has 0 aliphatic heterocycles. The minimum atomic E-state index is -0.367. The summed E-state index contributed by atoms with van der Waals surface area (Å²) in [5.74, 6) is 0.593. The molecule has 1 aromatic heterocycles. The van der Waals surface area contributed by atoms with Gasteiger partial charge in [-0.2, -0.15) is 0 Å². The lowest BCUT2D eigenvalue weighted by molar-refractivity contribution is -0.128. The second kappa shape index (κ2) is 12.4. The molecule has 1 heterocycles. The quantitative estimate of drug-likeness (QED) is 0.390. The molecule has 0 saturated heterocycles. The lowest BCUT2D eigenvalue weighted by atomic mass is 10.1. The molecule has 0 bridgehead atoms. The molecular formula is C24H27ClN4O3S. The number of nitrogens with zero attached hydrogens (tertiary/aromatic N) is 3. The van der Waals surface area contributed by atoms with Crippen molar-refractivity contribution < 1.29 is 14.3 Å². The Kier molecular flexibility index (Phi) is 9.33. The van der Waals surface area contributed by atoms with Gasteiger partial charge in [0.2, 0.25) is 11.8 Å². The van der Waals surface area contributed by atoms with Crippen molar-refractivity contribution in [2.45, 2.75) is 50.9 Å². The van der Waals surface area contributed by atoms with Crippen LogP contribution in [0.4, 0.5) is 0 Å². The molecule has 0 fully saturated rings. The summed E-state index contributed by atoms with van der Waals surface area (Å²) in [6.45, 7) is 4.39. The summed E-state index contributed by atoms with van der Waals surface area (Å²) < 4.78 is 7.88. The summed E-state index contributed by atoms with van der Waals surface area (Å²) in [5.41, 5.74) is 0.854. The first-order valence-corrected chi connectivity index (χ1v) is 12.2. The average Bonchev–Trinajstić information content (AvgIpc) is 3.21. The number of rotatable bonds is 11. The van der Waals surface area contributed by atoms with E-state index in [9.17, 15) is 9.59 Å². The standard InChI is InChI=1S/C24H27ClN4O3S/c1-3-18(4-2)29-21(15-32-20-13-9-8-12-19(20)25)27-28-24(29)33-16-23(31)26-22(30)14-17-10-6-5-7-11-17/h5-13,18H,3-4,14-16H2,1-2H3,(H,26,30,31). The maximum Gasteiger partial charge on any atom is 0.237 e. The third-order valence-electron chi connectivity index (χ3n) is 5.05. The maximum atomic E-state index is 12.3. The van der Waals surface area contributed by atoms with Gasteiger partial charge >= 0.3 is 0 Å². The van der Waals surface area contributed by atoms with Gasteiger partial charge in [0, 0.05) is 6.04 Å². The van der Waals surface area contributed by atoms with Crippen LogP contribution in [0.5, 0.6) is 5.75 Å². The van der Waals surface area contributed by atoms with Crippen LogP contribution in [-0.2, 0) is 22.6 Å². The Balaban J connectivity index is 1.63. The number of ether oxygens (including phenoxy) is 1. The second-order valence-electron chi connectivity index (χ2n) is 7.38. The van der Waals surface area contributed by atoms with Crippen molar-refractivity contribution in [3.63, 3.8) is 0 Å². The van der Waals surface area contributed by atoms with Gasteiger partial charge in [-0.25, -0.2) is 0 Å². The zero-order chi connectivity index (χ0) is 23.6. The van der Waals surface area contributed by atoms with Gasteiger partial charge in [0.25, 0.3) is 0 Å². The number of imide groups is 1. The number of amides is 2. The van der Waals surface area contributed by atoms with Crippen molar-refractivity contribution in [2.75, 3.05) is 5.75 Å². The largest absolute Gasteiger partial charge is 0.484 e. The fourth-order valence-corrected chi connectivity index (χ4v) is 4.39. The van der Waals surface area contributed by atoms with Crippen LogP contribution in [0.1, 0.15) is 44.1 Å². The molecule has 174 valence electrons. The highest BCUT2D eigenvalue weighted by Gasteiger charge is 2.21. The monoisotopic (exact) mass is 486 g/mol. The maximum absolute atomic E-state index is 12.3. The Hall–Kier alpha value is -2.84. The van der Waals surface area contributed by atoms with E-state index in [0.717, 1.165) is 18.4 Å². The van der Waals surface area contributed by atoms with Crippen LogP contribution in [0, 0.1) is 0 Å². The summed E-state index contributed by atoms with van der Waals surface area (Å²) in [7, 11) is 0. The summed E-state index contributed by atoms with van der Waals surface area (Å²) in [6.07, 6.45) is 1.91. The minimum absolute atomic E-state index is 0.0597. The van der Waals surface area contributed by atoms with E-state index < -0.39 is 0 Å². The zero-order valence-electron chi connectivity index (χ0n) is 18.7. The zero-order valence-corrected chi connectivity index (χ0v) is 20.2. The van der Waals surface area contributed by atoms with E-state index in [1.807, 2.05) is 47.0 Å². The lowest BCUT2D eigenvalue weighted by Gasteiger charge is -2.19. The smallest absolute Gasteiger partial charge is 0.237 e. The third kappa shape index (κ3) is 7.07. The van der Waals surface area contributed by atoms with Crippen LogP contribution >= 0.6 is 23.4 Å². The fraction of sp³-hybridized carbons (Fsp3) is 0.333. The Labute approximate surface area is 202 Å². The molecule has 9 heteroatoms. The van der Waals surface area contributed by atoms with Crippen molar-refractivity contribution in [2.24, 2.45) is 0 Å². The lowest BCUT2D eigenvalue weighted by Crippen LogP contribution is -2.33. The van der Waals surface area contributed by atoms with Gasteiger partial charge in [0.15, 0.2) is 11.0 Å². The topological polar surface area (TPSA) is 86.1 Å². The molecule has 0 saturated carbocycles. The highest BCUT2D eigenvalue weighted by Crippen LogP contribution is 2.28. The number of aromatic nitrogens is 3. The number of benzene rings is 2. The third-order valence-corrected chi connectivity index (χ3v) is 6.31. The van der Waals surface area contributed by atoms with Crippen LogP contribution in [-0.4, -0.2) is 32.3 Å². The van der Waals surface area contributed by atoms with E-state index in [2.05, 4.69) is 29.4 Å². The number of carbonyl (C=O) groups excluding carboxylic acids is 2. The van der Waals surface area contributed by atoms with E-state index >= 15 is 0 Å². The van der Waals surface area contributed by atoms with Gasteiger partial charge in [-0.15, -0.1) is 10.2 Å². The van der Waals surface area contributed by atoms with Gasteiger partial charge in [0.1, 0.15) is 12.4 Å². The molecule has 2 amide bonds. The van der Waals surface area contributed by atoms with Gasteiger partial charge in [0.05, 0.1) is 17.2 Å². The van der Waals surface area contributed by atoms with Crippen LogP contribution in [0.25, 0.3) is 0 Å². The predicted molar refractivity (Wildman–Crippen MR) is 129 cm³/mol.